The highest BCUT2D eigenvalue weighted by molar-refractivity contribution is 8.76. The van der Waals surface area contributed by atoms with Crippen molar-refractivity contribution >= 4 is 56.7 Å². The lowest BCUT2D eigenvalue weighted by Gasteiger charge is -2.20. The molecule has 0 saturated carbocycles. The van der Waals surface area contributed by atoms with E-state index in [2.05, 4.69) is 10.6 Å². The predicted molar refractivity (Wildman–Crippen MR) is 112 cm³/mol. The average Bonchev–Trinajstić information content (AvgIpc) is 3.08. The fourth-order valence-electron chi connectivity index (χ4n) is 1.95. The molecule has 0 radical (unpaired) electrons. The van der Waals surface area contributed by atoms with Crippen molar-refractivity contribution < 1.29 is 29.4 Å². The first-order chi connectivity index (χ1) is 13.0. The standard InChI is InChI=1S/C17H24N2O6S3/c1-17(2,3)7-13(20)18-10(15(22)23)8-27-28-9-11(16(24)25)19-14(21)12-5-4-6-26-12/h4-6,10-11H,7-9H2,1-3H3,(H,18,20)(H,19,21)(H,22,23)(H,24,25)/t10-,11-/m0/s1. The van der Waals surface area contributed by atoms with Crippen molar-refractivity contribution in [3.63, 3.8) is 0 Å². The van der Waals surface area contributed by atoms with Gasteiger partial charge in [-0.05, 0) is 16.9 Å². The van der Waals surface area contributed by atoms with Crippen LogP contribution in [0.1, 0.15) is 36.9 Å². The first kappa shape index (κ1) is 24.3. The maximum Gasteiger partial charge on any atom is 0.327 e. The van der Waals surface area contributed by atoms with Crippen molar-refractivity contribution in [2.45, 2.75) is 39.3 Å². The first-order valence-electron chi connectivity index (χ1n) is 8.33. The molecule has 1 aromatic heterocycles. The smallest absolute Gasteiger partial charge is 0.327 e. The molecule has 1 aromatic rings. The molecule has 0 aliphatic heterocycles. The Morgan fingerprint density at radius 1 is 1.04 bits per heavy atom. The molecule has 0 aliphatic carbocycles. The number of carboxylic acid groups (broad SMARTS) is 2. The van der Waals surface area contributed by atoms with Gasteiger partial charge >= 0.3 is 11.9 Å². The van der Waals surface area contributed by atoms with Crippen molar-refractivity contribution in [1.82, 2.24) is 10.6 Å². The van der Waals surface area contributed by atoms with Crippen LogP contribution in [0.2, 0.25) is 0 Å². The van der Waals surface area contributed by atoms with Crippen LogP contribution in [0.25, 0.3) is 0 Å². The van der Waals surface area contributed by atoms with Gasteiger partial charge in [0.15, 0.2) is 0 Å². The van der Waals surface area contributed by atoms with Crippen LogP contribution in [0.5, 0.6) is 0 Å². The number of rotatable bonds is 11. The Kier molecular flexibility index (Phi) is 9.83. The molecule has 1 heterocycles. The van der Waals surface area contributed by atoms with Crippen LogP contribution in [0.15, 0.2) is 17.5 Å². The Labute approximate surface area is 175 Å². The minimum absolute atomic E-state index is 0.0550. The van der Waals surface area contributed by atoms with E-state index in [0.717, 1.165) is 21.6 Å². The van der Waals surface area contributed by atoms with E-state index in [1.165, 1.54) is 11.3 Å². The summed E-state index contributed by atoms with van der Waals surface area (Å²) in [5.41, 5.74) is -0.259. The third-order valence-corrected chi connectivity index (χ3v) is 6.52. The summed E-state index contributed by atoms with van der Waals surface area (Å²) in [5, 5.41) is 25.1. The van der Waals surface area contributed by atoms with E-state index in [1.54, 1.807) is 17.5 Å². The van der Waals surface area contributed by atoms with Gasteiger partial charge in [0.1, 0.15) is 12.1 Å². The third-order valence-electron chi connectivity index (χ3n) is 3.23. The van der Waals surface area contributed by atoms with Gasteiger partial charge in [0.05, 0.1) is 4.88 Å². The summed E-state index contributed by atoms with van der Waals surface area (Å²) in [5.74, 6) is -3.02. The molecule has 0 spiro atoms. The normalized spacial score (nSPS) is 13.4. The zero-order valence-corrected chi connectivity index (χ0v) is 18.2. The summed E-state index contributed by atoms with van der Waals surface area (Å²) >= 11 is 1.21. The summed E-state index contributed by atoms with van der Waals surface area (Å²) in [6.07, 6.45) is 0.199. The second-order valence-corrected chi connectivity index (χ2v) is 10.6. The monoisotopic (exact) mass is 448 g/mol. The highest BCUT2D eigenvalue weighted by Crippen LogP contribution is 2.24. The average molecular weight is 449 g/mol. The molecule has 4 N–H and O–H groups in total. The number of hydrogen-bond acceptors (Lipinski definition) is 7. The van der Waals surface area contributed by atoms with Crippen molar-refractivity contribution in [1.29, 1.82) is 0 Å². The van der Waals surface area contributed by atoms with Gasteiger partial charge in [-0.1, -0.05) is 48.4 Å². The molecule has 1 rings (SSSR count). The van der Waals surface area contributed by atoms with Gasteiger partial charge in [0, 0.05) is 17.9 Å². The number of carbonyl (C=O) groups excluding carboxylic acids is 2. The maximum absolute atomic E-state index is 12.0. The molecular weight excluding hydrogens is 424 g/mol. The van der Waals surface area contributed by atoms with Crippen LogP contribution in [0, 0.1) is 5.41 Å². The molecule has 8 nitrogen and oxygen atoms in total. The quantitative estimate of drug-likeness (QED) is 0.299. The number of carboxylic acids is 2. The van der Waals surface area contributed by atoms with Crippen molar-refractivity contribution in [2.24, 2.45) is 5.41 Å². The maximum atomic E-state index is 12.0. The van der Waals surface area contributed by atoms with Gasteiger partial charge in [-0.15, -0.1) is 11.3 Å². The van der Waals surface area contributed by atoms with E-state index >= 15 is 0 Å². The Morgan fingerprint density at radius 2 is 1.57 bits per heavy atom. The van der Waals surface area contributed by atoms with E-state index in [9.17, 15) is 29.4 Å². The Morgan fingerprint density at radius 3 is 2.00 bits per heavy atom. The number of aliphatic carboxylic acids is 2. The molecule has 11 heteroatoms. The lowest BCUT2D eigenvalue weighted by Crippen LogP contribution is -2.43. The molecule has 28 heavy (non-hydrogen) atoms. The van der Waals surface area contributed by atoms with E-state index in [1.807, 2.05) is 20.8 Å². The van der Waals surface area contributed by atoms with Crippen LogP contribution in [-0.2, 0) is 14.4 Å². The summed E-state index contributed by atoms with van der Waals surface area (Å²) in [6.45, 7) is 5.64. The second-order valence-electron chi connectivity index (χ2n) is 7.11. The summed E-state index contributed by atoms with van der Waals surface area (Å²) in [6, 6.07) is 1.11. The van der Waals surface area contributed by atoms with Crippen molar-refractivity contribution in [3.05, 3.63) is 22.4 Å². The highest BCUT2D eigenvalue weighted by atomic mass is 33.1. The zero-order valence-electron chi connectivity index (χ0n) is 15.8. The number of amides is 2. The third kappa shape index (κ3) is 9.47. The Balaban J connectivity index is 2.47. The molecule has 2 amide bonds. The SMILES string of the molecule is CC(C)(C)CC(=O)N[C@@H](CSSC[C@H](NC(=O)c1cccs1)C(=O)O)C(=O)O. The van der Waals surface area contributed by atoms with Gasteiger partial charge in [-0.3, -0.25) is 9.59 Å². The molecule has 0 saturated heterocycles. The topological polar surface area (TPSA) is 133 Å². The molecule has 156 valence electrons. The predicted octanol–water partition coefficient (Wildman–Crippen LogP) is 2.32. The van der Waals surface area contributed by atoms with Crippen molar-refractivity contribution in [2.75, 3.05) is 11.5 Å². The zero-order chi connectivity index (χ0) is 21.3. The van der Waals surface area contributed by atoms with E-state index < -0.39 is 29.9 Å². The Bertz CT molecular complexity index is 688. The molecule has 2 atom stereocenters. The minimum Gasteiger partial charge on any atom is -0.480 e. The molecule has 0 aliphatic rings. The number of carbonyl (C=O) groups is 4. The summed E-state index contributed by atoms with van der Waals surface area (Å²) in [7, 11) is 2.25. The van der Waals surface area contributed by atoms with Crippen molar-refractivity contribution in [3.8, 4) is 0 Å². The molecule has 0 unspecified atom stereocenters. The van der Waals surface area contributed by atoms with Gasteiger partial charge in [0.25, 0.3) is 5.91 Å². The number of hydrogen-bond donors (Lipinski definition) is 4. The van der Waals surface area contributed by atoms with E-state index in [-0.39, 0.29) is 29.2 Å². The summed E-state index contributed by atoms with van der Waals surface area (Å²) in [4.78, 5) is 47.0. The van der Waals surface area contributed by atoms with Gasteiger partial charge in [-0.25, -0.2) is 9.59 Å². The fraction of sp³-hybridized carbons (Fsp3) is 0.529. The summed E-state index contributed by atoms with van der Waals surface area (Å²) < 4.78 is 0. The molecular formula is C17H24N2O6S3. The molecule has 0 fully saturated rings. The molecule has 0 aromatic carbocycles. The van der Waals surface area contributed by atoms with Crippen LogP contribution in [0.3, 0.4) is 0 Å². The largest absolute Gasteiger partial charge is 0.480 e. The fourth-order valence-corrected chi connectivity index (χ4v) is 4.88. The lowest BCUT2D eigenvalue weighted by atomic mass is 9.92. The van der Waals surface area contributed by atoms with Crippen LogP contribution < -0.4 is 10.6 Å². The lowest BCUT2D eigenvalue weighted by molar-refractivity contribution is -0.141. The van der Waals surface area contributed by atoms with Crippen LogP contribution in [0.4, 0.5) is 0 Å². The van der Waals surface area contributed by atoms with Gasteiger partial charge in [0.2, 0.25) is 5.91 Å². The number of nitrogens with one attached hydrogen (secondary N) is 2. The van der Waals surface area contributed by atoms with E-state index in [0.29, 0.717) is 4.88 Å². The van der Waals surface area contributed by atoms with Gasteiger partial charge in [-0.2, -0.15) is 0 Å². The number of thiophene rings is 1. The minimum atomic E-state index is -1.17. The first-order valence-corrected chi connectivity index (χ1v) is 11.7. The van der Waals surface area contributed by atoms with E-state index in [4.69, 9.17) is 0 Å². The second kappa shape index (κ2) is 11.3. The van der Waals surface area contributed by atoms with Gasteiger partial charge < -0.3 is 20.8 Å². The van der Waals surface area contributed by atoms with Crippen LogP contribution in [-0.4, -0.2) is 57.6 Å². The van der Waals surface area contributed by atoms with Crippen LogP contribution >= 0.6 is 32.9 Å². The molecule has 0 bridgehead atoms. The Hall–Kier alpha value is -1.72. The highest BCUT2D eigenvalue weighted by Gasteiger charge is 2.25.